The molecule has 0 aromatic rings. The van der Waals surface area contributed by atoms with Crippen LogP contribution in [0.4, 0.5) is 0 Å². The molecule has 0 saturated carbocycles. The van der Waals surface area contributed by atoms with E-state index in [1.807, 2.05) is 0 Å². The van der Waals surface area contributed by atoms with Gasteiger partial charge < -0.3 is 15.0 Å². The number of rotatable bonds is 4. The maximum absolute atomic E-state index is 5.38. The van der Waals surface area contributed by atoms with Crippen LogP contribution in [0.3, 0.4) is 0 Å². The van der Waals surface area contributed by atoms with Gasteiger partial charge in [-0.3, -0.25) is 0 Å². The highest BCUT2D eigenvalue weighted by Crippen LogP contribution is 2.17. The van der Waals surface area contributed by atoms with Gasteiger partial charge in [-0.05, 0) is 36.9 Å². The van der Waals surface area contributed by atoms with Crippen molar-refractivity contribution in [3.8, 4) is 0 Å². The molecule has 0 aromatic carbocycles. The first-order chi connectivity index (χ1) is 7.63. The maximum atomic E-state index is 5.38. The van der Waals surface area contributed by atoms with Gasteiger partial charge in [0, 0.05) is 33.4 Å². The lowest BCUT2D eigenvalue weighted by molar-refractivity contribution is 0.119. The van der Waals surface area contributed by atoms with Gasteiger partial charge in [-0.25, -0.2) is 0 Å². The molecule has 0 spiro atoms. The smallest absolute Gasteiger partial charge is 0.168 e. The Morgan fingerprint density at radius 2 is 2.06 bits per heavy atom. The van der Waals surface area contributed by atoms with Crippen LogP contribution in [0.5, 0.6) is 0 Å². The molecule has 0 aromatic heterocycles. The van der Waals surface area contributed by atoms with E-state index in [0.29, 0.717) is 11.8 Å². The van der Waals surface area contributed by atoms with Gasteiger partial charge in [0.1, 0.15) is 0 Å². The van der Waals surface area contributed by atoms with Gasteiger partial charge in [-0.1, -0.05) is 13.8 Å². The SMILES string of the molecule is COCC1CCN(C(=S)NCC(C)C)CC1. The summed E-state index contributed by atoms with van der Waals surface area (Å²) in [5, 5.41) is 4.25. The number of nitrogens with zero attached hydrogens (tertiary/aromatic N) is 1. The second-order valence-electron chi connectivity index (χ2n) is 4.97. The summed E-state index contributed by atoms with van der Waals surface area (Å²) in [7, 11) is 1.78. The first-order valence-electron chi connectivity index (χ1n) is 6.15. The Hall–Kier alpha value is -0.350. The number of methoxy groups -OCH3 is 1. The van der Waals surface area contributed by atoms with Crippen LogP contribution in [0, 0.1) is 11.8 Å². The van der Waals surface area contributed by atoms with Crippen LogP contribution in [0.1, 0.15) is 26.7 Å². The average molecular weight is 244 g/mol. The van der Waals surface area contributed by atoms with Gasteiger partial charge in [0.15, 0.2) is 5.11 Å². The molecule has 1 aliphatic heterocycles. The summed E-state index contributed by atoms with van der Waals surface area (Å²) in [6.07, 6.45) is 2.38. The molecule has 0 atom stereocenters. The van der Waals surface area contributed by atoms with Crippen molar-refractivity contribution in [2.45, 2.75) is 26.7 Å². The van der Waals surface area contributed by atoms with Crippen LogP contribution >= 0.6 is 12.2 Å². The van der Waals surface area contributed by atoms with Crippen molar-refractivity contribution >= 4 is 17.3 Å². The predicted molar refractivity (Wildman–Crippen MR) is 71.6 cm³/mol. The summed E-state index contributed by atoms with van der Waals surface area (Å²) in [6, 6.07) is 0. The normalized spacial score (nSPS) is 17.9. The van der Waals surface area contributed by atoms with Crippen molar-refractivity contribution in [3.63, 3.8) is 0 Å². The molecule has 1 saturated heterocycles. The Morgan fingerprint density at radius 1 is 1.44 bits per heavy atom. The van der Waals surface area contributed by atoms with E-state index in [-0.39, 0.29) is 0 Å². The largest absolute Gasteiger partial charge is 0.384 e. The highest BCUT2D eigenvalue weighted by atomic mass is 32.1. The molecular formula is C12H24N2OS. The molecule has 0 radical (unpaired) electrons. The molecule has 94 valence electrons. The molecule has 16 heavy (non-hydrogen) atoms. The maximum Gasteiger partial charge on any atom is 0.168 e. The van der Waals surface area contributed by atoms with Gasteiger partial charge in [-0.2, -0.15) is 0 Å². The molecule has 3 nitrogen and oxygen atoms in total. The Bertz CT molecular complexity index is 213. The second kappa shape index (κ2) is 7.07. The average Bonchev–Trinajstić information content (AvgIpc) is 2.27. The van der Waals surface area contributed by atoms with Gasteiger partial charge in [-0.15, -0.1) is 0 Å². The Labute approximate surface area is 105 Å². The van der Waals surface area contributed by atoms with Crippen LogP contribution in [-0.4, -0.2) is 43.4 Å². The van der Waals surface area contributed by atoms with Crippen molar-refractivity contribution in [1.82, 2.24) is 10.2 Å². The number of piperidine rings is 1. The molecule has 1 heterocycles. The van der Waals surface area contributed by atoms with Crippen LogP contribution < -0.4 is 5.32 Å². The fraction of sp³-hybridized carbons (Fsp3) is 0.917. The second-order valence-corrected chi connectivity index (χ2v) is 5.35. The summed E-state index contributed by atoms with van der Waals surface area (Å²) in [5.41, 5.74) is 0. The monoisotopic (exact) mass is 244 g/mol. The van der Waals surface area contributed by atoms with Crippen molar-refractivity contribution < 1.29 is 4.74 Å². The summed E-state index contributed by atoms with van der Waals surface area (Å²) in [5.74, 6) is 1.36. The Morgan fingerprint density at radius 3 is 2.56 bits per heavy atom. The number of hydrogen-bond acceptors (Lipinski definition) is 2. The van der Waals surface area contributed by atoms with Crippen molar-refractivity contribution in [1.29, 1.82) is 0 Å². The van der Waals surface area contributed by atoms with Crippen LogP contribution in [0.15, 0.2) is 0 Å². The minimum absolute atomic E-state index is 0.643. The highest BCUT2D eigenvalue weighted by Gasteiger charge is 2.20. The van der Waals surface area contributed by atoms with E-state index >= 15 is 0 Å². The molecule has 0 amide bonds. The van der Waals surface area contributed by atoms with E-state index in [2.05, 4.69) is 24.1 Å². The summed E-state index contributed by atoms with van der Waals surface area (Å²) < 4.78 is 5.19. The quantitative estimate of drug-likeness (QED) is 0.763. The molecule has 1 fully saturated rings. The predicted octanol–water partition coefficient (Wildman–Crippen LogP) is 1.88. The van der Waals surface area contributed by atoms with Gasteiger partial charge >= 0.3 is 0 Å². The summed E-state index contributed by atoms with van der Waals surface area (Å²) >= 11 is 5.38. The van der Waals surface area contributed by atoms with E-state index in [9.17, 15) is 0 Å². The number of hydrogen-bond donors (Lipinski definition) is 1. The molecule has 0 bridgehead atoms. The van der Waals surface area contributed by atoms with E-state index in [4.69, 9.17) is 17.0 Å². The van der Waals surface area contributed by atoms with Crippen LogP contribution in [-0.2, 0) is 4.74 Å². The van der Waals surface area contributed by atoms with Gasteiger partial charge in [0.25, 0.3) is 0 Å². The molecule has 1 N–H and O–H groups in total. The van der Waals surface area contributed by atoms with Gasteiger partial charge in [0.2, 0.25) is 0 Å². The van der Waals surface area contributed by atoms with E-state index in [0.717, 1.165) is 31.4 Å². The standard InChI is InChI=1S/C12H24N2OS/c1-10(2)8-13-12(16)14-6-4-11(5-7-14)9-15-3/h10-11H,4-9H2,1-3H3,(H,13,16). The molecular weight excluding hydrogens is 220 g/mol. The number of likely N-dealkylation sites (tertiary alicyclic amines) is 1. The summed E-state index contributed by atoms with van der Waals surface area (Å²) in [4.78, 5) is 2.28. The highest BCUT2D eigenvalue weighted by molar-refractivity contribution is 7.80. The van der Waals surface area contributed by atoms with Gasteiger partial charge in [0.05, 0.1) is 0 Å². The topological polar surface area (TPSA) is 24.5 Å². The fourth-order valence-electron chi connectivity index (χ4n) is 1.94. The van der Waals surface area contributed by atoms with E-state index in [1.165, 1.54) is 12.8 Å². The lowest BCUT2D eigenvalue weighted by Crippen LogP contribution is -2.45. The van der Waals surface area contributed by atoms with Crippen LogP contribution in [0.25, 0.3) is 0 Å². The lowest BCUT2D eigenvalue weighted by atomic mass is 9.98. The Kier molecular flexibility index (Phi) is 6.06. The third-order valence-electron chi connectivity index (χ3n) is 2.97. The van der Waals surface area contributed by atoms with Crippen LogP contribution in [0.2, 0.25) is 0 Å². The molecule has 1 rings (SSSR count). The van der Waals surface area contributed by atoms with E-state index in [1.54, 1.807) is 7.11 Å². The van der Waals surface area contributed by atoms with Crippen molar-refractivity contribution in [2.75, 3.05) is 33.4 Å². The zero-order valence-corrected chi connectivity index (χ0v) is 11.5. The molecule has 0 aliphatic carbocycles. The third kappa shape index (κ3) is 4.66. The van der Waals surface area contributed by atoms with Crippen molar-refractivity contribution in [2.24, 2.45) is 11.8 Å². The minimum Gasteiger partial charge on any atom is -0.384 e. The third-order valence-corrected chi connectivity index (χ3v) is 3.37. The zero-order valence-electron chi connectivity index (χ0n) is 10.7. The molecule has 0 unspecified atom stereocenters. The first-order valence-corrected chi connectivity index (χ1v) is 6.56. The summed E-state index contributed by atoms with van der Waals surface area (Å²) in [6.45, 7) is 8.38. The number of ether oxygens (including phenoxy) is 1. The zero-order chi connectivity index (χ0) is 12.0. The minimum atomic E-state index is 0.643. The van der Waals surface area contributed by atoms with E-state index < -0.39 is 0 Å². The molecule has 4 heteroatoms. The number of nitrogens with one attached hydrogen (secondary N) is 1. The molecule has 1 aliphatic rings. The first kappa shape index (κ1) is 13.7. The fourth-order valence-corrected chi connectivity index (χ4v) is 2.21. The Balaban J connectivity index is 2.22. The van der Waals surface area contributed by atoms with Crippen molar-refractivity contribution in [3.05, 3.63) is 0 Å². The lowest BCUT2D eigenvalue weighted by Gasteiger charge is -2.33. The number of thiocarbonyl (C=S) groups is 1.